The molecule has 1 rings (SSSR count). The molecule has 8 heteroatoms. The topological polar surface area (TPSA) is 54.0 Å². The van der Waals surface area contributed by atoms with Gasteiger partial charge in [-0.15, -0.1) is 0 Å². The van der Waals surface area contributed by atoms with Gasteiger partial charge in [-0.25, -0.2) is 4.57 Å². The van der Waals surface area contributed by atoms with Crippen molar-refractivity contribution in [1.82, 2.24) is 0 Å². The number of hydrogen-bond acceptors (Lipinski definition) is 5. The Labute approximate surface area is 136 Å². The van der Waals surface area contributed by atoms with Gasteiger partial charge in [0.15, 0.2) is 0 Å². The first-order valence-corrected chi connectivity index (χ1v) is 11.8. The Balaban J connectivity index is 2.88. The summed E-state index contributed by atoms with van der Waals surface area (Å²) in [5, 5.41) is 1.11. The van der Waals surface area contributed by atoms with Crippen molar-refractivity contribution in [3.63, 3.8) is 0 Å². The van der Waals surface area contributed by atoms with E-state index in [2.05, 4.69) is 30.2 Å². The van der Waals surface area contributed by atoms with Crippen molar-refractivity contribution in [1.29, 1.82) is 0 Å². The third kappa shape index (κ3) is 5.19. The minimum absolute atomic E-state index is 0.228. The highest BCUT2D eigenvalue weighted by Gasteiger charge is 2.28. The number of benzene rings is 1. The lowest BCUT2D eigenvalue weighted by molar-refractivity contribution is 0.159. The summed E-state index contributed by atoms with van der Waals surface area (Å²) in [6.45, 7) is 11.8. The second-order valence-electron chi connectivity index (χ2n) is 4.99. The predicted molar refractivity (Wildman–Crippen MR) is 91.4 cm³/mol. The maximum Gasteiger partial charge on any atom is 0.530 e. The normalized spacial score (nSPS) is 12.2. The molecule has 0 aliphatic rings. The van der Waals surface area contributed by atoms with E-state index >= 15 is 0 Å². The van der Waals surface area contributed by atoms with Gasteiger partial charge >= 0.3 is 7.82 Å². The van der Waals surface area contributed by atoms with E-state index < -0.39 is 16.1 Å². The van der Waals surface area contributed by atoms with E-state index in [1.807, 2.05) is 24.3 Å². The molecule has 0 saturated heterocycles. The Morgan fingerprint density at radius 2 is 1.68 bits per heavy atom. The van der Waals surface area contributed by atoms with E-state index in [1.165, 1.54) is 0 Å². The van der Waals surface area contributed by atoms with Crippen molar-refractivity contribution in [2.75, 3.05) is 13.2 Å². The highest BCUT2D eigenvalue weighted by Crippen LogP contribution is 2.52. The molecule has 0 bridgehead atoms. The third-order valence-corrected chi connectivity index (χ3v) is 8.31. The molecule has 0 spiro atoms. The summed E-state index contributed by atoms with van der Waals surface area (Å²) in [4.78, 5) is 0. The van der Waals surface area contributed by atoms with E-state index in [1.54, 1.807) is 13.8 Å². The monoisotopic (exact) mass is 357 g/mol. The Morgan fingerprint density at radius 1 is 1.18 bits per heavy atom. The van der Waals surface area contributed by atoms with Crippen LogP contribution in [0.5, 0.6) is 0 Å². The molecular weight excluding hydrogens is 335 g/mol. The quantitative estimate of drug-likeness (QED) is 0.385. The van der Waals surface area contributed by atoms with Gasteiger partial charge in [0.2, 0.25) is 18.8 Å². The fraction of sp³-hybridized carbons (Fsp3) is 0.429. The molecule has 0 N–H and O–H groups in total. The molecule has 0 saturated carbocycles. The van der Waals surface area contributed by atoms with Crippen LogP contribution in [-0.2, 0) is 22.3 Å². The van der Waals surface area contributed by atoms with Crippen LogP contribution in [0.3, 0.4) is 0 Å². The Kier molecular flexibility index (Phi) is 7.25. The maximum absolute atomic E-state index is 12.3. The lowest BCUT2D eigenvalue weighted by Crippen LogP contribution is -2.43. The molecule has 0 fully saturated rings. The van der Waals surface area contributed by atoms with Crippen molar-refractivity contribution >= 4 is 37.6 Å². The summed E-state index contributed by atoms with van der Waals surface area (Å²) >= 11 is 0. The van der Waals surface area contributed by atoms with Crippen LogP contribution in [0, 0.1) is 0 Å². The average Bonchev–Trinajstić information content (AvgIpc) is 2.47. The number of phosphoric acid groups is 1. The van der Waals surface area contributed by atoms with Crippen LogP contribution in [-0.4, -0.2) is 32.0 Å². The summed E-state index contributed by atoms with van der Waals surface area (Å²) in [5.74, 6) is 0.246. The molecule has 0 aromatic heterocycles. The smallest absolute Gasteiger partial charge is 0.454 e. The summed E-state index contributed by atoms with van der Waals surface area (Å²) in [7, 11) is -2.43. The standard InChI is InChI=1S/C14H22O5PSi2/c1-6-16-20(15,17-7-2)18-12(3)13-8-10-14(11-9-13)22(4,5)19-21/h8-11H,3,6-7H2,1-2,4-5H3. The predicted octanol–water partition coefficient (Wildman–Crippen LogP) is 3.37. The molecule has 3 radical (unpaired) electrons. The number of phosphoric ester groups is 1. The molecule has 121 valence electrons. The third-order valence-electron chi connectivity index (χ3n) is 2.95. The van der Waals surface area contributed by atoms with Crippen LogP contribution in [0.25, 0.3) is 5.76 Å². The Hall–Kier alpha value is -0.696. The van der Waals surface area contributed by atoms with Gasteiger partial charge in [-0.3, -0.25) is 9.05 Å². The zero-order valence-corrected chi connectivity index (χ0v) is 16.3. The molecule has 1 aromatic rings. The molecule has 22 heavy (non-hydrogen) atoms. The van der Waals surface area contributed by atoms with E-state index in [9.17, 15) is 4.57 Å². The van der Waals surface area contributed by atoms with E-state index in [4.69, 9.17) is 17.7 Å². The summed E-state index contributed by atoms with van der Waals surface area (Å²) in [6.07, 6.45) is 0. The highest BCUT2D eigenvalue weighted by atomic mass is 31.2. The first kappa shape index (κ1) is 19.4. The molecule has 0 aliphatic heterocycles. The van der Waals surface area contributed by atoms with Gasteiger partial charge in [-0.05, 0) is 32.1 Å². The fourth-order valence-corrected chi connectivity index (χ4v) is 4.34. The van der Waals surface area contributed by atoms with Crippen LogP contribution < -0.4 is 5.19 Å². The van der Waals surface area contributed by atoms with Gasteiger partial charge in [0.05, 0.1) is 13.2 Å². The average molecular weight is 357 g/mol. The molecule has 0 unspecified atom stereocenters. The zero-order valence-electron chi connectivity index (χ0n) is 13.4. The van der Waals surface area contributed by atoms with Gasteiger partial charge < -0.3 is 8.64 Å². The zero-order chi connectivity index (χ0) is 16.8. The van der Waals surface area contributed by atoms with Crippen LogP contribution in [0.15, 0.2) is 30.8 Å². The molecular formula is C14H22O5PSi2. The first-order valence-electron chi connectivity index (χ1n) is 7.01. The molecule has 5 nitrogen and oxygen atoms in total. The van der Waals surface area contributed by atoms with Crippen molar-refractivity contribution in [2.24, 2.45) is 0 Å². The van der Waals surface area contributed by atoms with Crippen LogP contribution >= 0.6 is 7.82 Å². The highest BCUT2D eigenvalue weighted by molar-refractivity contribution is 7.48. The van der Waals surface area contributed by atoms with Crippen molar-refractivity contribution in [3.8, 4) is 0 Å². The SMILES string of the molecule is C=C(OP(=O)(OCC)OCC)c1ccc([Si](C)(C)O[Si])cc1. The first-order chi connectivity index (χ1) is 10.3. The van der Waals surface area contributed by atoms with Crippen LogP contribution in [0.4, 0.5) is 0 Å². The van der Waals surface area contributed by atoms with Gasteiger partial charge in [-0.2, -0.15) is 0 Å². The van der Waals surface area contributed by atoms with Gasteiger partial charge in [0.25, 0.3) is 0 Å². The minimum atomic E-state index is -3.61. The molecule has 0 amide bonds. The van der Waals surface area contributed by atoms with Crippen molar-refractivity contribution in [3.05, 3.63) is 36.4 Å². The second-order valence-corrected chi connectivity index (χ2v) is 11.0. The molecule has 0 aliphatic carbocycles. The minimum Gasteiger partial charge on any atom is -0.454 e. The van der Waals surface area contributed by atoms with Crippen molar-refractivity contribution < 1.29 is 22.3 Å². The lowest BCUT2D eigenvalue weighted by Gasteiger charge is -2.22. The molecule has 1 aromatic carbocycles. The van der Waals surface area contributed by atoms with Crippen LogP contribution in [0.1, 0.15) is 19.4 Å². The summed E-state index contributed by atoms with van der Waals surface area (Å²) in [5.41, 5.74) is 0.710. The van der Waals surface area contributed by atoms with Gasteiger partial charge in [0, 0.05) is 5.56 Å². The van der Waals surface area contributed by atoms with Gasteiger partial charge in [-0.1, -0.05) is 30.8 Å². The maximum atomic E-state index is 12.3. The summed E-state index contributed by atoms with van der Waals surface area (Å²) in [6, 6.07) is 7.59. The molecule has 0 atom stereocenters. The van der Waals surface area contributed by atoms with E-state index in [0.29, 0.717) is 5.56 Å². The van der Waals surface area contributed by atoms with Crippen molar-refractivity contribution in [2.45, 2.75) is 26.9 Å². The van der Waals surface area contributed by atoms with Crippen LogP contribution in [0.2, 0.25) is 13.1 Å². The number of hydrogen-bond donors (Lipinski definition) is 0. The molecule has 0 heterocycles. The van der Waals surface area contributed by atoms with Gasteiger partial charge in [0.1, 0.15) is 5.76 Å². The number of rotatable bonds is 9. The Morgan fingerprint density at radius 3 is 2.09 bits per heavy atom. The van der Waals surface area contributed by atoms with E-state index in [0.717, 1.165) is 5.19 Å². The second kappa shape index (κ2) is 8.24. The largest absolute Gasteiger partial charge is 0.530 e. The van der Waals surface area contributed by atoms with E-state index in [-0.39, 0.29) is 19.0 Å². The summed E-state index contributed by atoms with van der Waals surface area (Å²) < 4.78 is 33.2. The fourth-order valence-electron chi connectivity index (χ4n) is 1.71. The Bertz CT molecular complexity index is 535. The lowest BCUT2D eigenvalue weighted by atomic mass is 10.2.